The minimum atomic E-state index is -0.661. The van der Waals surface area contributed by atoms with E-state index in [1.807, 2.05) is 42.6 Å². The molecule has 6 nitrogen and oxygen atoms in total. The molecule has 1 aromatic carbocycles. The van der Waals surface area contributed by atoms with Gasteiger partial charge < -0.3 is 15.0 Å². The summed E-state index contributed by atoms with van der Waals surface area (Å²) in [5.41, 5.74) is 1.95. The van der Waals surface area contributed by atoms with E-state index in [1.165, 1.54) is 11.3 Å². The topological polar surface area (TPSA) is 71.5 Å². The second-order valence-electron chi connectivity index (χ2n) is 6.06. The van der Waals surface area contributed by atoms with Crippen LogP contribution in [-0.2, 0) is 20.9 Å². The molecular weight excluding hydrogens is 370 g/mol. The first-order valence-corrected chi connectivity index (χ1v) is 9.88. The SMILES string of the molecule is Cc1cccc2sc(NC(=O)[C@@H]3COCC(=O)N3Cc3cccs3)nc12. The van der Waals surface area contributed by atoms with Crippen LogP contribution in [0.3, 0.4) is 0 Å². The van der Waals surface area contributed by atoms with E-state index in [2.05, 4.69) is 10.3 Å². The first-order chi connectivity index (χ1) is 12.6. The fourth-order valence-electron chi connectivity index (χ4n) is 2.92. The summed E-state index contributed by atoms with van der Waals surface area (Å²) >= 11 is 2.99. The third kappa shape index (κ3) is 3.35. The van der Waals surface area contributed by atoms with Crippen molar-refractivity contribution in [3.63, 3.8) is 0 Å². The number of nitrogens with zero attached hydrogens (tertiary/aromatic N) is 2. The largest absolute Gasteiger partial charge is 0.369 e. The predicted octanol–water partition coefficient (Wildman–Crippen LogP) is 3.03. The number of thiazole rings is 1. The van der Waals surface area contributed by atoms with Crippen molar-refractivity contribution in [2.45, 2.75) is 19.5 Å². The van der Waals surface area contributed by atoms with Gasteiger partial charge in [0, 0.05) is 4.88 Å². The Morgan fingerprint density at radius 1 is 1.38 bits per heavy atom. The number of carbonyl (C=O) groups is 2. The number of hydrogen-bond donors (Lipinski definition) is 1. The molecule has 1 aliphatic heterocycles. The summed E-state index contributed by atoms with van der Waals surface area (Å²) in [5, 5.41) is 5.35. The number of rotatable bonds is 4. The number of anilines is 1. The average molecular weight is 387 g/mol. The number of carbonyl (C=O) groups excluding carboxylic acids is 2. The van der Waals surface area contributed by atoms with Crippen molar-refractivity contribution in [1.82, 2.24) is 9.88 Å². The molecule has 26 heavy (non-hydrogen) atoms. The molecule has 1 aliphatic rings. The molecule has 0 bridgehead atoms. The molecule has 134 valence electrons. The van der Waals surface area contributed by atoms with Crippen molar-refractivity contribution < 1.29 is 14.3 Å². The van der Waals surface area contributed by atoms with Gasteiger partial charge in [-0.05, 0) is 30.0 Å². The Morgan fingerprint density at radius 3 is 3.04 bits per heavy atom. The molecule has 4 rings (SSSR count). The van der Waals surface area contributed by atoms with Crippen LogP contribution in [0, 0.1) is 6.92 Å². The van der Waals surface area contributed by atoms with Crippen LogP contribution < -0.4 is 5.32 Å². The Morgan fingerprint density at radius 2 is 2.27 bits per heavy atom. The van der Waals surface area contributed by atoms with Gasteiger partial charge in [0.15, 0.2) is 5.13 Å². The first kappa shape index (κ1) is 17.1. The number of amides is 2. The molecular formula is C18H17N3O3S2. The van der Waals surface area contributed by atoms with Crippen molar-refractivity contribution in [2.75, 3.05) is 18.5 Å². The van der Waals surface area contributed by atoms with E-state index >= 15 is 0 Å². The van der Waals surface area contributed by atoms with E-state index in [0.717, 1.165) is 20.7 Å². The molecule has 1 atom stereocenters. The number of ether oxygens (including phenoxy) is 1. The van der Waals surface area contributed by atoms with Gasteiger partial charge in [-0.2, -0.15) is 0 Å². The summed E-state index contributed by atoms with van der Waals surface area (Å²) in [6.07, 6.45) is 0. The van der Waals surface area contributed by atoms with Crippen molar-refractivity contribution in [2.24, 2.45) is 0 Å². The molecule has 8 heteroatoms. The normalized spacial score (nSPS) is 17.7. The Labute approximate surface area is 158 Å². The van der Waals surface area contributed by atoms with Gasteiger partial charge in [0.2, 0.25) is 5.91 Å². The number of hydrogen-bond acceptors (Lipinski definition) is 6. The summed E-state index contributed by atoms with van der Waals surface area (Å²) in [6.45, 7) is 2.60. The first-order valence-electron chi connectivity index (χ1n) is 8.18. The van der Waals surface area contributed by atoms with Crippen LogP contribution in [0.25, 0.3) is 10.2 Å². The zero-order chi connectivity index (χ0) is 18.1. The number of thiophene rings is 1. The van der Waals surface area contributed by atoms with Crippen LogP contribution >= 0.6 is 22.7 Å². The van der Waals surface area contributed by atoms with Gasteiger partial charge in [-0.1, -0.05) is 29.5 Å². The van der Waals surface area contributed by atoms with E-state index in [-0.39, 0.29) is 25.0 Å². The van der Waals surface area contributed by atoms with E-state index in [4.69, 9.17) is 4.74 Å². The van der Waals surface area contributed by atoms with Gasteiger partial charge in [-0.15, -0.1) is 11.3 Å². The number of nitrogens with one attached hydrogen (secondary N) is 1. The third-order valence-electron chi connectivity index (χ3n) is 4.26. The van der Waals surface area contributed by atoms with Gasteiger partial charge >= 0.3 is 0 Å². The van der Waals surface area contributed by atoms with Gasteiger partial charge in [-0.25, -0.2) is 4.98 Å². The number of para-hydroxylation sites is 1. The maximum Gasteiger partial charge on any atom is 0.251 e. The predicted molar refractivity (Wildman–Crippen MR) is 102 cm³/mol. The van der Waals surface area contributed by atoms with E-state index < -0.39 is 6.04 Å². The number of aryl methyl sites for hydroxylation is 1. The van der Waals surface area contributed by atoms with Crippen LogP contribution in [0.4, 0.5) is 5.13 Å². The van der Waals surface area contributed by atoms with Gasteiger partial charge in [0.05, 0.1) is 23.4 Å². The molecule has 3 aromatic rings. The number of aromatic nitrogens is 1. The Kier molecular flexibility index (Phi) is 4.71. The summed E-state index contributed by atoms with van der Waals surface area (Å²) < 4.78 is 6.34. The van der Waals surface area contributed by atoms with E-state index in [9.17, 15) is 9.59 Å². The van der Waals surface area contributed by atoms with Crippen LogP contribution in [0.2, 0.25) is 0 Å². The molecule has 0 spiro atoms. The van der Waals surface area contributed by atoms with Crippen molar-refractivity contribution >= 4 is 49.8 Å². The van der Waals surface area contributed by atoms with Gasteiger partial charge in [-0.3, -0.25) is 9.59 Å². The van der Waals surface area contributed by atoms with Crippen LogP contribution in [0.5, 0.6) is 0 Å². The second kappa shape index (κ2) is 7.14. The number of benzene rings is 1. The third-order valence-corrected chi connectivity index (χ3v) is 6.05. The lowest BCUT2D eigenvalue weighted by Gasteiger charge is -2.33. The van der Waals surface area contributed by atoms with Crippen molar-refractivity contribution in [1.29, 1.82) is 0 Å². The fraction of sp³-hybridized carbons (Fsp3) is 0.278. The lowest BCUT2D eigenvalue weighted by atomic mass is 10.2. The summed E-state index contributed by atoms with van der Waals surface area (Å²) in [5.74, 6) is -0.448. The highest BCUT2D eigenvalue weighted by Crippen LogP contribution is 2.28. The molecule has 1 fully saturated rings. The van der Waals surface area contributed by atoms with Crippen molar-refractivity contribution in [3.8, 4) is 0 Å². The Balaban J connectivity index is 1.54. The smallest absolute Gasteiger partial charge is 0.251 e. The monoisotopic (exact) mass is 387 g/mol. The molecule has 1 N–H and O–H groups in total. The second-order valence-corrected chi connectivity index (χ2v) is 8.12. The van der Waals surface area contributed by atoms with Crippen LogP contribution in [0.1, 0.15) is 10.4 Å². The summed E-state index contributed by atoms with van der Waals surface area (Å²) in [7, 11) is 0. The lowest BCUT2D eigenvalue weighted by Crippen LogP contribution is -2.54. The molecule has 0 saturated carbocycles. The maximum atomic E-state index is 12.8. The molecule has 0 radical (unpaired) electrons. The van der Waals surface area contributed by atoms with Gasteiger partial charge in [0.25, 0.3) is 5.91 Å². The molecule has 1 saturated heterocycles. The molecule has 0 aliphatic carbocycles. The highest BCUT2D eigenvalue weighted by Gasteiger charge is 2.34. The number of fused-ring (bicyclic) bond motifs is 1. The highest BCUT2D eigenvalue weighted by atomic mass is 32.1. The zero-order valence-electron chi connectivity index (χ0n) is 14.1. The van der Waals surface area contributed by atoms with E-state index in [0.29, 0.717) is 11.7 Å². The zero-order valence-corrected chi connectivity index (χ0v) is 15.7. The summed E-state index contributed by atoms with van der Waals surface area (Å²) in [6, 6.07) is 9.17. The molecule has 2 amide bonds. The van der Waals surface area contributed by atoms with E-state index in [1.54, 1.807) is 16.2 Å². The van der Waals surface area contributed by atoms with Crippen LogP contribution in [-0.4, -0.2) is 41.0 Å². The molecule has 0 unspecified atom stereocenters. The highest BCUT2D eigenvalue weighted by molar-refractivity contribution is 7.22. The molecule has 2 aromatic heterocycles. The summed E-state index contributed by atoms with van der Waals surface area (Å²) in [4.78, 5) is 32.2. The number of morpholine rings is 1. The van der Waals surface area contributed by atoms with Gasteiger partial charge in [0.1, 0.15) is 12.6 Å². The Bertz CT molecular complexity index is 952. The minimum Gasteiger partial charge on any atom is -0.369 e. The average Bonchev–Trinajstić information content (AvgIpc) is 3.26. The van der Waals surface area contributed by atoms with Crippen LogP contribution in [0.15, 0.2) is 35.7 Å². The molecule has 3 heterocycles. The standard InChI is InChI=1S/C18H17N3O3S2/c1-11-4-2-6-14-16(11)19-18(26-14)20-17(23)13-9-24-10-15(22)21(13)8-12-5-3-7-25-12/h2-7,13H,8-10H2,1H3,(H,19,20,23)/t13-/m0/s1. The fourth-order valence-corrected chi connectivity index (χ4v) is 4.57. The minimum absolute atomic E-state index is 0.00941. The lowest BCUT2D eigenvalue weighted by molar-refractivity contribution is -0.153. The maximum absolute atomic E-state index is 12.8. The quantitative estimate of drug-likeness (QED) is 0.747. The van der Waals surface area contributed by atoms with Crippen molar-refractivity contribution in [3.05, 3.63) is 46.2 Å². The Hall–Kier alpha value is -2.29.